The van der Waals surface area contributed by atoms with E-state index in [1.807, 2.05) is 0 Å². The highest BCUT2D eigenvalue weighted by atomic mass is 16.7. The van der Waals surface area contributed by atoms with Gasteiger partial charge in [0.15, 0.2) is 28.6 Å². The molecule has 0 saturated heterocycles. The van der Waals surface area contributed by atoms with E-state index in [2.05, 4.69) is 0 Å². The fourth-order valence-corrected chi connectivity index (χ4v) is 2.73. The minimum absolute atomic E-state index is 0.0391. The van der Waals surface area contributed by atoms with Crippen LogP contribution in [-0.2, 0) is 0 Å². The molecule has 0 aliphatic carbocycles. The van der Waals surface area contributed by atoms with Gasteiger partial charge in [0.25, 0.3) is 0 Å². The van der Waals surface area contributed by atoms with Gasteiger partial charge in [0, 0.05) is 5.39 Å². The van der Waals surface area contributed by atoms with Crippen molar-refractivity contribution < 1.29 is 23.4 Å². The lowest BCUT2D eigenvalue weighted by Crippen LogP contribution is -2.12. The Morgan fingerprint density at radius 1 is 1.12 bits per heavy atom. The Balaban J connectivity index is 1.66. The maximum absolute atomic E-state index is 12.4. The van der Waals surface area contributed by atoms with Gasteiger partial charge in [-0.2, -0.15) is 0 Å². The third-order valence-corrected chi connectivity index (χ3v) is 4.03. The molecular formula is C20H14O6. The molecule has 0 bridgehead atoms. The minimum Gasteiger partial charge on any atom is -0.493 e. The zero-order valence-electron chi connectivity index (χ0n) is 13.9. The van der Waals surface area contributed by atoms with Crippen LogP contribution >= 0.6 is 0 Å². The van der Waals surface area contributed by atoms with Gasteiger partial charge < -0.3 is 18.6 Å². The van der Waals surface area contributed by atoms with Crippen LogP contribution in [0.15, 0.2) is 57.8 Å². The van der Waals surface area contributed by atoms with E-state index in [1.54, 1.807) is 42.5 Å². The molecule has 0 unspecified atom stereocenters. The van der Waals surface area contributed by atoms with Gasteiger partial charge in [0.2, 0.25) is 6.79 Å². The van der Waals surface area contributed by atoms with Crippen molar-refractivity contribution in [1.82, 2.24) is 0 Å². The number of fused-ring (bicyclic) bond motifs is 2. The van der Waals surface area contributed by atoms with Crippen molar-refractivity contribution in [3.05, 3.63) is 70.1 Å². The predicted octanol–water partition coefficient (Wildman–Crippen LogP) is 3.43. The summed E-state index contributed by atoms with van der Waals surface area (Å²) in [7, 11) is 1.49. The van der Waals surface area contributed by atoms with E-state index < -0.39 is 11.4 Å². The number of para-hydroxylation sites is 1. The normalized spacial score (nSPS) is 12.7. The van der Waals surface area contributed by atoms with Crippen molar-refractivity contribution in [3.8, 4) is 17.2 Å². The monoisotopic (exact) mass is 350 g/mol. The van der Waals surface area contributed by atoms with Crippen LogP contribution in [0.5, 0.6) is 17.2 Å². The summed E-state index contributed by atoms with van der Waals surface area (Å²) in [6.45, 7) is 0.184. The molecule has 1 aliphatic heterocycles. The van der Waals surface area contributed by atoms with Crippen LogP contribution in [0.2, 0.25) is 0 Å². The number of allylic oxidation sites excluding steroid dienone is 1. The molecule has 0 N–H and O–H groups in total. The molecule has 4 rings (SSSR count). The summed E-state index contributed by atoms with van der Waals surface area (Å²) >= 11 is 0. The van der Waals surface area contributed by atoms with E-state index in [-0.39, 0.29) is 12.4 Å². The number of benzene rings is 2. The Kier molecular flexibility index (Phi) is 3.93. The summed E-state index contributed by atoms with van der Waals surface area (Å²) in [6, 6.07) is 12.0. The Morgan fingerprint density at radius 3 is 2.81 bits per heavy atom. The molecule has 0 amide bonds. The maximum atomic E-state index is 12.4. The largest absolute Gasteiger partial charge is 0.493 e. The zero-order chi connectivity index (χ0) is 18.1. The van der Waals surface area contributed by atoms with Crippen LogP contribution < -0.4 is 19.8 Å². The fraction of sp³-hybridized carbons (Fsp3) is 0.100. The van der Waals surface area contributed by atoms with Crippen LogP contribution in [0.4, 0.5) is 0 Å². The standard InChI is InChI=1S/C20H14O6/c1-23-17-4-2-3-13-10-14(20(22)26-19(13)17)15(21)7-5-12-6-8-16-18(9-12)25-11-24-16/h2-10H,11H2,1H3/b7-5+. The van der Waals surface area contributed by atoms with Crippen LogP contribution in [0.3, 0.4) is 0 Å². The summed E-state index contributed by atoms with van der Waals surface area (Å²) in [5, 5.41) is 0.615. The Hall–Kier alpha value is -3.54. The molecular weight excluding hydrogens is 336 g/mol. The molecule has 0 saturated carbocycles. The molecule has 3 aromatic rings. The van der Waals surface area contributed by atoms with Crippen LogP contribution in [-0.4, -0.2) is 19.7 Å². The highest BCUT2D eigenvalue weighted by Crippen LogP contribution is 2.32. The van der Waals surface area contributed by atoms with Crippen LogP contribution in [0.25, 0.3) is 17.0 Å². The number of ketones is 1. The van der Waals surface area contributed by atoms with Gasteiger partial charge in [-0.25, -0.2) is 4.79 Å². The van der Waals surface area contributed by atoms with Gasteiger partial charge in [-0.1, -0.05) is 24.3 Å². The van der Waals surface area contributed by atoms with Crippen molar-refractivity contribution in [2.45, 2.75) is 0 Å². The van der Waals surface area contributed by atoms with Crippen molar-refractivity contribution in [2.24, 2.45) is 0 Å². The number of ether oxygens (including phenoxy) is 3. The molecule has 6 nitrogen and oxygen atoms in total. The van der Waals surface area contributed by atoms with E-state index in [1.165, 1.54) is 19.3 Å². The SMILES string of the molecule is COc1cccc2cc(C(=O)/C=C/c3ccc4c(c3)OCO4)c(=O)oc12. The second kappa shape index (κ2) is 6.40. The Bertz CT molecular complexity index is 1090. The van der Waals surface area contributed by atoms with Gasteiger partial charge in [-0.05, 0) is 35.9 Å². The topological polar surface area (TPSA) is 75.0 Å². The van der Waals surface area contributed by atoms with E-state index in [0.29, 0.717) is 28.2 Å². The van der Waals surface area contributed by atoms with Crippen LogP contribution in [0, 0.1) is 0 Å². The van der Waals surface area contributed by atoms with Crippen molar-refractivity contribution in [2.75, 3.05) is 13.9 Å². The molecule has 6 heteroatoms. The third-order valence-electron chi connectivity index (χ3n) is 4.03. The third kappa shape index (κ3) is 2.82. The molecule has 2 heterocycles. The molecule has 0 radical (unpaired) electrons. The number of carbonyl (C=O) groups is 1. The number of hydrogen-bond acceptors (Lipinski definition) is 6. The number of carbonyl (C=O) groups excluding carboxylic acids is 1. The van der Waals surface area contributed by atoms with Gasteiger partial charge in [0.05, 0.1) is 7.11 Å². The zero-order valence-corrected chi connectivity index (χ0v) is 13.9. The number of rotatable bonds is 4. The highest BCUT2D eigenvalue weighted by molar-refractivity contribution is 6.08. The Morgan fingerprint density at radius 2 is 1.96 bits per heavy atom. The lowest BCUT2D eigenvalue weighted by atomic mass is 10.1. The summed E-state index contributed by atoms with van der Waals surface area (Å²) in [5.74, 6) is 1.28. The average molecular weight is 350 g/mol. The van der Waals surface area contributed by atoms with E-state index in [4.69, 9.17) is 18.6 Å². The minimum atomic E-state index is -0.706. The lowest BCUT2D eigenvalue weighted by molar-refractivity contribution is 0.104. The van der Waals surface area contributed by atoms with E-state index in [9.17, 15) is 9.59 Å². The van der Waals surface area contributed by atoms with Gasteiger partial charge in [-0.15, -0.1) is 0 Å². The molecule has 130 valence electrons. The highest BCUT2D eigenvalue weighted by Gasteiger charge is 2.15. The van der Waals surface area contributed by atoms with Gasteiger partial charge in [-0.3, -0.25) is 4.79 Å². The quantitative estimate of drug-likeness (QED) is 0.408. The van der Waals surface area contributed by atoms with E-state index in [0.717, 1.165) is 5.56 Å². The fourth-order valence-electron chi connectivity index (χ4n) is 2.73. The molecule has 2 aromatic carbocycles. The first-order valence-corrected chi connectivity index (χ1v) is 7.88. The second-order valence-electron chi connectivity index (χ2n) is 5.64. The van der Waals surface area contributed by atoms with Crippen molar-refractivity contribution in [1.29, 1.82) is 0 Å². The molecule has 0 fully saturated rings. The Labute approximate surface area is 148 Å². The number of methoxy groups -OCH3 is 1. The number of hydrogen-bond donors (Lipinski definition) is 0. The predicted molar refractivity (Wildman–Crippen MR) is 95.0 cm³/mol. The van der Waals surface area contributed by atoms with Crippen LogP contribution in [0.1, 0.15) is 15.9 Å². The van der Waals surface area contributed by atoms with Gasteiger partial charge in [0.1, 0.15) is 5.56 Å². The van der Waals surface area contributed by atoms with Crippen molar-refractivity contribution in [3.63, 3.8) is 0 Å². The molecule has 26 heavy (non-hydrogen) atoms. The summed E-state index contributed by atoms with van der Waals surface area (Å²) in [6.07, 6.45) is 2.94. The average Bonchev–Trinajstić information content (AvgIpc) is 3.13. The second-order valence-corrected chi connectivity index (χ2v) is 5.64. The smallest absolute Gasteiger partial charge is 0.347 e. The first-order valence-electron chi connectivity index (χ1n) is 7.88. The first kappa shape index (κ1) is 16.0. The lowest BCUT2D eigenvalue weighted by Gasteiger charge is -2.04. The summed E-state index contributed by atoms with van der Waals surface area (Å²) in [4.78, 5) is 24.6. The summed E-state index contributed by atoms with van der Waals surface area (Å²) < 4.78 is 21.0. The van der Waals surface area contributed by atoms with Crippen molar-refractivity contribution >= 4 is 22.8 Å². The van der Waals surface area contributed by atoms with E-state index >= 15 is 0 Å². The molecule has 1 aliphatic rings. The summed E-state index contributed by atoms with van der Waals surface area (Å²) in [5.41, 5.74) is 0.329. The maximum Gasteiger partial charge on any atom is 0.347 e. The molecule has 0 atom stereocenters. The first-order chi connectivity index (χ1) is 12.7. The van der Waals surface area contributed by atoms with Gasteiger partial charge >= 0.3 is 5.63 Å². The molecule has 1 aromatic heterocycles. The molecule has 0 spiro atoms.